The molecule has 0 fully saturated rings. The monoisotopic (exact) mass is 502 g/mol. The third-order valence-electron chi connectivity index (χ3n) is 5.60. The zero-order valence-electron chi connectivity index (χ0n) is 18.8. The predicted molar refractivity (Wildman–Crippen MR) is 125 cm³/mol. The Morgan fingerprint density at radius 1 is 0.806 bits per heavy atom. The van der Waals surface area contributed by atoms with Gasteiger partial charge < -0.3 is 9.47 Å². The van der Waals surface area contributed by atoms with E-state index < -0.39 is 35.6 Å². The van der Waals surface area contributed by atoms with Crippen molar-refractivity contribution in [3.63, 3.8) is 0 Å². The summed E-state index contributed by atoms with van der Waals surface area (Å²) >= 11 is 0. The van der Waals surface area contributed by atoms with Crippen molar-refractivity contribution in [3.05, 3.63) is 108 Å². The van der Waals surface area contributed by atoms with E-state index in [1.165, 1.54) is 30.3 Å². The van der Waals surface area contributed by atoms with Crippen LogP contribution in [0.25, 0.3) is 21.9 Å². The maximum absolute atomic E-state index is 15.2. The highest BCUT2D eigenvalue weighted by molar-refractivity contribution is 5.88. The first-order valence-electron chi connectivity index (χ1n) is 10.9. The molecule has 0 radical (unpaired) electrons. The summed E-state index contributed by atoms with van der Waals surface area (Å²) in [4.78, 5) is 0. The Hall–Kier alpha value is -3.94. The summed E-state index contributed by atoms with van der Waals surface area (Å²) < 4.78 is 92.3. The third-order valence-corrected chi connectivity index (χ3v) is 5.60. The number of benzene rings is 4. The topological polar surface area (TPSA) is 18.5 Å². The van der Waals surface area contributed by atoms with E-state index in [9.17, 15) is 22.0 Å². The molecule has 0 aliphatic heterocycles. The minimum Gasteiger partial charge on any atom is -0.489 e. The fourth-order valence-corrected chi connectivity index (χ4v) is 3.92. The van der Waals surface area contributed by atoms with E-state index in [0.717, 1.165) is 24.3 Å². The van der Waals surface area contributed by atoms with E-state index in [1.807, 2.05) is 0 Å². The maximum atomic E-state index is 15.2. The van der Waals surface area contributed by atoms with Gasteiger partial charge in [-0.1, -0.05) is 43.0 Å². The molecule has 2 nitrogen and oxygen atoms in total. The second-order valence-electron chi connectivity index (χ2n) is 7.98. The predicted octanol–water partition coefficient (Wildman–Crippen LogP) is 8.01. The number of alkyl halides is 2. The van der Waals surface area contributed by atoms with Crippen molar-refractivity contribution in [2.75, 3.05) is 6.61 Å². The highest BCUT2D eigenvalue weighted by Gasteiger charge is 2.16. The first-order valence-corrected chi connectivity index (χ1v) is 10.9. The molecule has 0 saturated carbocycles. The summed E-state index contributed by atoms with van der Waals surface area (Å²) in [5.41, 5.74) is 0.815. The lowest BCUT2D eigenvalue weighted by molar-refractivity contribution is -0.0522. The lowest BCUT2D eigenvalue weighted by Gasteiger charge is -2.12. The Morgan fingerprint density at radius 3 is 2.22 bits per heavy atom. The number of ether oxygens (including phenoxy) is 2. The molecule has 4 aromatic rings. The molecule has 4 rings (SSSR count). The van der Waals surface area contributed by atoms with E-state index >= 15 is 4.39 Å². The average Bonchev–Trinajstić information content (AvgIpc) is 2.83. The summed E-state index contributed by atoms with van der Waals surface area (Å²) in [5, 5.41) is 0.703. The fraction of sp³-hybridized carbons (Fsp3) is 0.143. The van der Waals surface area contributed by atoms with E-state index in [2.05, 4.69) is 11.3 Å². The fourth-order valence-electron chi connectivity index (χ4n) is 3.92. The van der Waals surface area contributed by atoms with Crippen LogP contribution in [-0.4, -0.2) is 13.2 Å². The van der Waals surface area contributed by atoms with Gasteiger partial charge in [0.05, 0.1) is 5.56 Å². The van der Waals surface area contributed by atoms with Gasteiger partial charge in [-0.15, -0.1) is 0 Å². The van der Waals surface area contributed by atoms with Crippen molar-refractivity contribution in [3.8, 4) is 22.6 Å². The zero-order chi connectivity index (χ0) is 25.8. The van der Waals surface area contributed by atoms with Gasteiger partial charge in [-0.3, -0.25) is 0 Å². The molecule has 0 bridgehead atoms. The smallest absolute Gasteiger partial charge is 0.387 e. The molecule has 0 amide bonds. The molecular weight excluding hydrogens is 482 g/mol. The Kier molecular flexibility index (Phi) is 7.52. The van der Waals surface area contributed by atoms with E-state index in [0.29, 0.717) is 16.5 Å². The maximum Gasteiger partial charge on any atom is 0.387 e. The minimum atomic E-state index is -3.14. The first-order chi connectivity index (χ1) is 17.3. The van der Waals surface area contributed by atoms with Crippen LogP contribution in [0.5, 0.6) is 11.5 Å². The van der Waals surface area contributed by atoms with E-state index in [4.69, 9.17) is 4.74 Å². The van der Waals surface area contributed by atoms with Gasteiger partial charge in [0.1, 0.15) is 29.8 Å². The zero-order valence-corrected chi connectivity index (χ0v) is 18.8. The van der Waals surface area contributed by atoms with Crippen LogP contribution in [0.15, 0.2) is 73.3 Å². The van der Waals surface area contributed by atoms with Crippen LogP contribution in [0.2, 0.25) is 0 Å². The second-order valence-corrected chi connectivity index (χ2v) is 7.98. The molecule has 0 aliphatic rings. The van der Waals surface area contributed by atoms with E-state index in [1.54, 1.807) is 12.1 Å². The highest BCUT2D eigenvalue weighted by Crippen LogP contribution is 2.33. The Morgan fingerprint density at radius 2 is 1.56 bits per heavy atom. The molecule has 0 unspecified atom stereocenters. The summed E-state index contributed by atoms with van der Waals surface area (Å²) in [5.74, 6) is -3.61. The number of hydrogen-bond acceptors (Lipinski definition) is 2. The molecule has 0 aromatic heterocycles. The molecule has 0 atom stereocenters. The van der Waals surface area contributed by atoms with Gasteiger partial charge in [0.15, 0.2) is 11.6 Å². The van der Waals surface area contributed by atoms with Gasteiger partial charge in [0.2, 0.25) is 0 Å². The molecule has 4 aromatic carbocycles. The summed E-state index contributed by atoms with van der Waals surface area (Å²) in [6.07, 6.45) is 1.92. The quantitative estimate of drug-likeness (QED) is 0.171. The molecule has 186 valence electrons. The second kappa shape index (κ2) is 10.8. The van der Waals surface area contributed by atoms with Crippen LogP contribution in [0.3, 0.4) is 0 Å². The van der Waals surface area contributed by atoms with Crippen LogP contribution in [0.4, 0.5) is 26.3 Å². The van der Waals surface area contributed by atoms with Crippen LogP contribution >= 0.6 is 0 Å². The van der Waals surface area contributed by atoms with Crippen LogP contribution in [0, 0.1) is 23.3 Å². The normalized spacial score (nSPS) is 11.2. The highest BCUT2D eigenvalue weighted by atomic mass is 19.3. The molecule has 0 spiro atoms. The molecule has 0 heterocycles. The van der Waals surface area contributed by atoms with Crippen LogP contribution in [-0.2, 0) is 12.8 Å². The van der Waals surface area contributed by atoms with Crippen LogP contribution < -0.4 is 9.47 Å². The van der Waals surface area contributed by atoms with Gasteiger partial charge in [-0.05, 0) is 53.1 Å². The first kappa shape index (κ1) is 25.2. The van der Waals surface area contributed by atoms with Crippen molar-refractivity contribution < 1.29 is 35.8 Å². The average molecular weight is 502 g/mol. The van der Waals surface area contributed by atoms with Gasteiger partial charge in [-0.25, -0.2) is 17.6 Å². The summed E-state index contributed by atoms with van der Waals surface area (Å²) in [6, 6.07) is 13.3. The molecule has 0 saturated heterocycles. The number of halogens is 6. The standard InChI is InChI=1S/C28H20F6O2/c1-2-11-35-20-14-23(30)26(24(31)15-20)19-8-9-21-18(13-19)7-6-17(27(21)32)5-3-16-4-10-25(22(29)12-16)36-28(33)34/h2,4,6-10,12-15,28H,1,3,5,11H2. The minimum absolute atomic E-state index is 0.0289. The van der Waals surface area contributed by atoms with Gasteiger partial charge in [0.25, 0.3) is 0 Å². The Labute approximate surface area is 203 Å². The molecular formula is C28H20F6O2. The number of hydrogen-bond donors (Lipinski definition) is 0. The van der Waals surface area contributed by atoms with Crippen molar-refractivity contribution >= 4 is 10.8 Å². The van der Waals surface area contributed by atoms with Gasteiger partial charge in [-0.2, -0.15) is 8.78 Å². The van der Waals surface area contributed by atoms with Crippen LogP contribution in [0.1, 0.15) is 11.1 Å². The molecule has 36 heavy (non-hydrogen) atoms. The van der Waals surface area contributed by atoms with Gasteiger partial charge >= 0.3 is 6.61 Å². The molecule has 0 aliphatic carbocycles. The molecule has 0 N–H and O–H groups in total. The number of aryl methyl sites for hydroxylation is 2. The number of fused-ring (bicyclic) bond motifs is 1. The van der Waals surface area contributed by atoms with Crippen molar-refractivity contribution in [2.24, 2.45) is 0 Å². The van der Waals surface area contributed by atoms with Crippen molar-refractivity contribution in [2.45, 2.75) is 19.5 Å². The largest absolute Gasteiger partial charge is 0.489 e. The lowest BCUT2D eigenvalue weighted by atomic mass is 9.96. The number of rotatable bonds is 9. The summed E-state index contributed by atoms with van der Waals surface area (Å²) in [7, 11) is 0. The Bertz CT molecular complexity index is 1390. The van der Waals surface area contributed by atoms with Gasteiger partial charge in [0, 0.05) is 17.5 Å². The third kappa shape index (κ3) is 5.48. The van der Waals surface area contributed by atoms with Crippen molar-refractivity contribution in [1.82, 2.24) is 0 Å². The Balaban J connectivity index is 1.56. The lowest BCUT2D eigenvalue weighted by Crippen LogP contribution is -2.04. The SMILES string of the molecule is C=CCOc1cc(F)c(-c2ccc3c(F)c(CCc4ccc(OC(F)F)c(F)c4)ccc3c2)c(F)c1. The van der Waals surface area contributed by atoms with E-state index in [-0.39, 0.29) is 41.7 Å². The summed E-state index contributed by atoms with van der Waals surface area (Å²) in [6.45, 7) is 0.447. The van der Waals surface area contributed by atoms with Crippen molar-refractivity contribution in [1.29, 1.82) is 0 Å². The molecule has 8 heteroatoms.